The van der Waals surface area contributed by atoms with Gasteiger partial charge in [-0.15, -0.1) is 0 Å². The second-order valence-electron chi connectivity index (χ2n) is 6.31. The Labute approximate surface area is 151 Å². The molecule has 2 atom stereocenters. The van der Waals surface area contributed by atoms with Crippen LogP contribution in [0.5, 0.6) is 0 Å². The van der Waals surface area contributed by atoms with Crippen LogP contribution in [0.3, 0.4) is 0 Å². The van der Waals surface area contributed by atoms with E-state index in [9.17, 15) is 5.11 Å². The molecule has 2 aromatic carbocycles. The number of nitrogens with one attached hydrogen (secondary N) is 1. The summed E-state index contributed by atoms with van der Waals surface area (Å²) in [4.78, 5) is 0. The van der Waals surface area contributed by atoms with E-state index in [0.717, 1.165) is 17.5 Å². The summed E-state index contributed by atoms with van der Waals surface area (Å²) in [5, 5.41) is 15.3. The van der Waals surface area contributed by atoms with E-state index in [0.29, 0.717) is 0 Å². The predicted molar refractivity (Wildman–Crippen MR) is 107 cm³/mol. The Kier molecular flexibility index (Phi) is 7.17. The Morgan fingerprint density at radius 2 is 1.48 bits per heavy atom. The van der Waals surface area contributed by atoms with Gasteiger partial charge in [-0.25, -0.2) is 0 Å². The van der Waals surface area contributed by atoms with Crippen LogP contribution in [0.2, 0.25) is 0 Å². The Morgan fingerprint density at radius 1 is 0.960 bits per heavy atom. The topological polar surface area (TPSA) is 32.3 Å². The average molecular weight is 335 g/mol. The van der Waals surface area contributed by atoms with Crippen LogP contribution in [-0.2, 0) is 5.60 Å². The molecule has 0 saturated carbocycles. The summed E-state index contributed by atoms with van der Waals surface area (Å²) in [6.45, 7) is 6.20. The fraction of sp³-hybridized carbons (Fsp3) is 0.304. The van der Waals surface area contributed by atoms with E-state index < -0.39 is 5.60 Å². The lowest BCUT2D eigenvalue weighted by Gasteiger charge is -2.37. The Hall–Kier alpha value is -2.16. The first-order valence-electron chi connectivity index (χ1n) is 9.01. The van der Waals surface area contributed by atoms with Crippen LogP contribution < -0.4 is 5.32 Å². The smallest absolute Gasteiger partial charge is 0.130 e. The molecule has 0 fully saturated rings. The lowest BCUT2D eigenvalue weighted by molar-refractivity contribution is 0.0410. The van der Waals surface area contributed by atoms with Crippen molar-refractivity contribution in [1.82, 2.24) is 5.32 Å². The van der Waals surface area contributed by atoms with Gasteiger partial charge in [-0.2, -0.15) is 0 Å². The highest BCUT2D eigenvalue weighted by Gasteiger charge is 2.37. The maximum absolute atomic E-state index is 11.7. The predicted octanol–water partition coefficient (Wildman–Crippen LogP) is 4.81. The zero-order valence-corrected chi connectivity index (χ0v) is 15.4. The molecular weight excluding hydrogens is 306 g/mol. The van der Waals surface area contributed by atoms with Gasteiger partial charge < -0.3 is 10.4 Å². The monoisotopic (exact) mass is 335 g/mol. The molecule has 25 heavy (non-hydrogen) atoms. The molecule has 0 bridgehead atoms. The summed E-state index contributed by atoms with van der Waals surface area (Å²) in [5.74, 6) is 0. The van der Waals surface area contributed by atoms with E-state index >= 15 is 0 Å². The first kappa shape index (κ1) is 19.2. The summed E-state index contributed by atoms with van der Waals surface area (Å²) >= 11 is 0. The number of hydrogen-bond acceptors (Lipinski definition) is 2. The second-order valence-corrected chi connectivity index (χ2v) is 6.31. The number of rotatable bonds is 8. The highest BCUT2D eigenvalue weighted by molar-refractivity contribution is 5.38. The molecule has 2 N–H and O–H groups in total. The van der Waals surface area contributed by atoms with Crippen LogP contribution in [0.1, 0.15) is 38.3 Å². The van der Waals surface area contributed by atoms with Crippen LogP contribution in [-0.4, -0.2) is 17.2 Å². The fourth-order valence-corrected chi connectivity index (χ4v) is 3.11. The van der Waals surface area contributed by atoms with Crippen molar-refractivity contribution >= 4 is 0 Å². The van der Waals surface area contributed by atoms with Gasteiger partial charge in [0.1, 0.15) is 5.60 Å². The third kappa shape index (κ3) is 4.68. The molecule has 2 aromatic rings. The molecule has 2 heteroatoms. The van der Waals surface area contributed by atoms with Gasteiger partial charge in [0.25, 0.3) is 0 Å². The van der Waals surface area contributed by atoms with Gasteiger partial charge in [0, 0.05) is 12.1 Å². The highest BCUT2D eigenvalue weighted by Crippen LogP contribution is 2.33. The normalized spacial score (nSPS) is 14.9. The third-order valence-corrected chi connectivity index (χ3v) is 4.61. The van der Waals surface area contributed by atoms with Crippen molar-refractivity contribution in [2.75, 3.05) is 0 Å². The number of benzene rings is 2. The van der Waals surface area contributed by atoms with Gasteiger partial charge in [-0.05, 0) is 31.4 Å². The molecular formula is C23H29NO. The molecule has 0 amide bonds. The molecule has 2 rings (SSSR count). The van der Waals surface area contributed by atoms with E-state index in [2.05, 4.69) is 24.4 Å². The van der Waals surface area contributed by atoms with Crippen LogP contribution in [0, 0.1) is 0 Å². The molecule has 0 heterocycles. The minimum atomic E-state index is -1.09. The van der Waals surface area contributed by atoms with Crippen molar-refractivity contribution in [3.63, 3.8) is 0 Å². The Bertz CT molecular complexity index is 636. The highest BCUT2D eigenvalue weighted by atomic mass is 16.3. The Balaban J connectivity index is 2.35. The molecule has 0 aliphatic carbocycles. The standard InChI is InChI=1S/C23H29NO/c1-4-6-9-18-22(5-2)24-19(3)23(25,20-14-10-7-11-15-20)21-16-12-8-13-17-21/h4,6-19,22,24-25H,5H2,1-3H3/b6-4+,18-9+/t19-,22-/m0/s1. The van der Waals surface area contributed by atoms with Crippen molar-refractivity contribution < 1.29 is 5.11 Å². The van der Waals surface area contributed by atoms with Crippen molar-refractivity contribution in [2.45, 2.75) is 44.9 Å². The molecule has 0 radical (unpaired) electrons. The fourth-order valence-electron chi connectivity index (χ4n) is 3.11. The largest absolute Gasteiger partial charge is 0.379 e. The summed E-state index contributed by atoms with van der Waals surface area (Å²) in [5.41, 5.74) is 0.701. The van der Waals surface area contributed by atoms with Gasteiger partial charge >= 0.3 is 0 Å². The molecule has 0 aliphatic heterocycles. The van der Waals surface area contributed by atoms with E-state index in [-0.39, 0.29) is 12.1 Å². The van der Waals surface area contributed by atoms with Crippen molar-refractivity contribution in [1.29, 1.82) is 0 Å². The molecule has 0 aromatic heterocycles. The summed E-state index contributed by atoms with van der Waals surface area (Å²) in [6.07, 6.45) is 9.19. The maximum atomic E-state index is 11.7. The minimum absolute atomic E-state index is 0.155. The lowest BCUT2D eigenvalue weighted by Crippen LogP contribution is -2.50. The molecule has 0 saturated heterocycles. The van der Waals surface area contributed by atoms with Crippen molar-refractivity contribution in [2.24, 2.45) is 0 Å². The van der Waals surface area contributed by atoms with E-state index in [1.807, 2.05) is 86.7 Å². The molecule has 132 valence electrons. The van der Waals surface area contributed by atoms with Crippen LogP contribution in [0.4, 0.5) is 0 Å². The van der Waals surface area contributed by atoms with E-state index in [1.54, 1.807) is 0 Å². The van der Waals surface area contributed by atoms with Gasteiger partial charge in [0.05, 0.1) is 0 Å². The maximum Gasteiger partial charge on any atom is 0.130 e. The zero-order valence-electron chi connectivity index (χ0n) is 15.4. The van der Waals surface area contributed by atoms with Gasteiger partial charge in [-0.3, -0.25) is 0 Å². The quantitative estimate of drug-likeness (QED) is 0.678. The average Bonchev–Trinajstić information content (AvgIpc) is 2.67. The second kappa shape index (κ2) is 9.36. The zero-order chi connectivity index (χ0) is 18.1. The SMILES string of the molecule is C/C=C/C=C/[C@H](CC)N[C@@H](C)C(O)(c1ccccc1)c1ccccc1. The van der Waals surface area contributed by atoms with Crippen LogP contribution in [0.25, 0.3) is 0 Å². The summed E-state index contributed by atoms with van der Waals surface area (Å²) < 4.78 is 0. The molecule has 0 spiro atoms. The summed E-state index contributed by atoms with van der Waals surface area (Å²) in [6, 6.07) is 19.8. The van der Waals surface area contributed by atoms with Gasteiger partial charge in [0.15, 0.2) is 0 Å². The van der Waals surface area contributed by atoms with Gasteiger partial charge in [-0.1, -0.05) is 91.9 Å². The van der Waals surface area contributed by atoms with Crippen LogP contribution >= 0.6 is 0 Å². The van der Waals surface area contributed by atoms with Crippen LogP contribution in [0.15, 0.2) is 85.0 Å². The molecule has 0 unspecified atom stereocenters. The first-order valence-corrected chi connectivity index (χ1v) is 9.01. The first-order chi connectivity index (χ1) is 12.1. The number of aliphatic hydroxyl groups is 1. The minimum Gasteiger partial charge on any atom is -0.379 e. The number of allylic oxidation sites excluding steroid dienone is 3. The van der Waals surface area contributed by atoms with E-state index in [1.165, 1.54) is 0 Å². The summed E-state index contributed by atoms with van der Waals surface area (Å²) in [7, 11) is 0. The molecule has 2 nitrogen and oxygen atoms in total. The third-order valence-electron chi connectivity index (χ3n) is 4.61. The molecule has 0 aliphatic rings. The van der Waals surface area contributed by atoms with E-state index in [4.69, 9.17) is 0 Å². The number of hydrogen-bond donors (Lipinski definition) is 2. The Morgan fingerprint density at radius 3 is 1.92 bits per heavy atom. The van der Waals surface area contributed by atoms with Gasteiger partial charge in [0.2, 0.25) is 0 Å². The van der Waals surface area contributed by atoms with Crippen molar-refractivity contribution in [3.8, 4) is 0 Å². The lowest BCUT2D eigenvalue weighted by atomic mass is 9.80. The van der Waals surface area contributed by atoms with Crippen molar-refractivity contribution in [3.05, 3.63) is 96.1 Å².